The van der Waals surface area contributed by atoms with Crippen LogP contribution in [0.3, 0.4) is 0 Å². The second-order valence-corrected chi connectivity index (χ2v) is 8.70. The van der Waals surface area contributed by atoms with E-state index in [0.717, 1.165) is 11.3 Å². The fourth-order valence-corrected chi connectivity index (χ4v) is 2.79. The van der Waals surface area contributed by atoms with Crippen LogP contribution in [0.4, 0.5) is 0 Å². The van der Waals surface area contributed by atoms with Crippen LogP contribution < -0.4 is 5.73 Å². The van der Waals surface area contributed by atoms with Gasteiger partial charge in [0.15, 0.2) is 9.84 Å². The predicted octanol–water partition coefficient (Wildman–Crippen LogP) is 1.89. The molecule has 21 heavy (non-hydrogen) atoms. The molecule has 0 saturated heterocycles. The Hall–Kier alpha value is -1.40. The Balaban J connectivity index is 2.46. The van der Waals surface area contributed by atoms with Gasteiger partial charge >= 0.3 is 0 Å². The lowest BCUT2D eigenvalue weighted by atomic mass is 9.85. The lowest BCUT2D eigenvalue weighted by Gasteiger charge is -2.26. The van der Waals surface area contributed by atoms with Gasteiger partial charge in [-0.05, 0) is 23.6 Å². The quantitative estimate of drug-likeness (QED) is 0.939. The number of nitrogens with zero attached hydrogens (tertiary/aromatic N) is 2. The van der Waals surface area contributed by atoms with Crippen molar-refractivity contribution >= 4 is 20.9 Å². The number of hydrogen-bond acceptors (Lipinski definition) is 4. The number of benzene rings is 1. The Morgan fingerprint density at radius 1 is 1.33 bits per heavy atom. The first-order valence-electron chi connectivity index (χ1n) is 6.91. The zero-order chi connectivity index (χ0) is 16.0. The molecule has 1 atom stereocenters. The van der Waals surface area contributed by atoms with Crippen molar-refractivity contribution in [1.82, 2.24) is 9.55 Å². The highest BCUT2D eigenvalue weighted by Crippen LogP contribution is 2.24. The monoisotopic (exact) mass is 309 g/mol. The first kappa shape index (κ1) is 16.0. The van der Waals surface area contributed by atoms with Gasteiger partial charge in [-0.3, -0.25) is 0 Å². The van der Waals surface area contributed by atoms with Crippen LogP contribution in [-0.4, -0.2) is 30.3 Å². The largest absolute Gasteiger partial charge is 0.331 e. The molecule has 6 heteroatoms. The maximum atomic E-state index is 11.6. The van der Waals surface area contributed by atoms with E-state index in [0.29, 0.717) is 16.8 Å². The second-order valence-electron chi connectivity index (χ2n) is 6.69. The molecule has 0 bridgehead atoms. The molecule has 116 valence electrons. The van der Waals surface area contributed by atoms with Crippen LogP contribution in [0.15, 0.2) is 23.1 Å². The van der Waals surface area contributed by atoms with Crippen molar-refractivity contribution in [2.24, 2.45) is 18.2 Å². The minimum absolute atomic E-state index is 0.00392. The van der Waals surface area contributed by atoms with E-state index in [1.165, 1.54) is 6.26 Å². The summed E-state index contributed by atoms with van der Waals surface area (Å²) in [7, 11) is -1.29. The molecule has 1 unspecified atom stereocenters. The van der Waals surface area contributed by atoms with Crippen molar-refractivity contribution in [1.29, 1.82) is 0 Å². The van der Waals surface area contributed by atoms with Crippen LogP contribution in [0.5, 0.6) is 0 Å². The average molecular weight is 309 g/mol. The normalized spacial score (nSPS) is 14.6. The maximum Gasteiger partial charge on any atom is 0.175 e. The van der Waals surface area contributed by atoms with Crippen molar-refractivity contribution in [3.05, 3.63) is 24.0 Å². The summed E-state index contributed by atoms with van der Waals surface area (Å²) in [5.41, 5.74) is 7.83. The molecule has 1 heterocycles. The van der Waals surface area contributed by atoms with E-state index >= 15 is 0 Å². The molecule has 2 N–H and O–H groups in total. The summed E-state index contributed by atoms with van der Waals surface area (Å²) in [6.07, 6.45) is 1.86. The van der Waals surface area contributed by atoms with E-state index in [9.17, 15) is 8.42 Å². The molecule has 0 radical (unpaired) electrons. The van der Waals surface area contributed by atoms with Gasteiger partial charge in [-0.2, -0.15) is 0 Å². The van der Waals surface area contributed by atoms with Gasteiger partial charge in [0.1, 0.15) is 5.82 Å². The number of hydrogen-bond donors (Lipinski definition) is 1. The Morgan fingerprint density at radius 2 is 1.95 bits per heavy atom. The highest BCUT2D eigenvalue weighted by molar-refractivity contribution is 7.90. The van der Waals surface area contributed by atoms with Gasteiger partial charge < -0.3 is 10.3 Å². The van der Waals surface area contributed by atoms with Gasteiger partial charge in [0.2, 0.25) is 0 Å². The molecule has 0 amide bonds. The fraction of sp³-hybridized carbons (Fsp3) is 0.533. The third kappa shape index (κ3) is 3.27. The third-order valence-corrected chi connectivity index (χ3v) is 5.00. The van der Waals surface area contributed by atoms with Crippen molar-refractivity contribution in [3.63, 3.8) is 0 Å². The fourth-order valence-electron chi connectivity index (χ4n) is 2.15. The van der Waals surface area contributed by atoms with Gasteiger partial charge in [-0.1, -0.05) is 20.8 Å². The topological polar surface area (TPSA) is 78.0 Å². The van der Waals surface area contributed by atoms with Crippen molar-refractivity contribution in [2.75, 3.05) is 6.26 Å². The second kappa shape index (κ2) is 5.10. The summed E-state index contributed by atoms with van der Waals surface area (Å²) < 4.78 is 25.2. The van der Waals surface area contributed by atoms with Gasteiger partial charge in [0, 0.05) is 25.8 Å². The maximum absolute atomic E-state index is 11.6. The Morgan fingerprint density at radius 3 is 2.48 bits per heavy atom. The van der Waals surface area contributed by atoms with Crippen LogP contribution >= 0.6 is 0 Å². The minimum atomic E-state index is -3.22. The molecule has 0 aliphatic heterocycles. The van der Waals surface area contributed by atoms with Gasteiger partial charge in [-0.25, -0.2) is 13.4 Å². The highest BCUT2D eigenvalue weighted by atomic mass is 32.2. The summed E-state index contributed by atoms with van der Waals surface area (Å²) in [6.45, 7) is 6.30. The van der Waals surface area contributed by atoms with Gasteiger partial charge in [-0.15, -0.1) is 0 Å². The number of aryl methyl sites for hydroxylation is 1. The molecule has 1 aromatic carbocycles. The van der Waals surface area contributed by atoms with E-state index in [2.05, 4.69) is 25.8 Å². The molecular formula is C15H23N3O2S. The lowest BCUT2D eigenvalue weighted by molar-refractivity contribution is 0.313. The zero-order valence-electron chi connectivity index (χ0n) is 13.2. The van der Waals surface area contributed by atoms with E-state index in [1.807, 2.05) is 11.6 Å². The highest BCUT2D eigenvalue weighted by Gasteiger charge is 2.23. The van der Waals surface area contributed by atoms with Crippen molar-refractivity contribution < 1.29 is 8.42 Å². The number of rotatable bonds is 3. The van der Waals surface area contributed by atoms with Crippen molar-refractivity contribution in [3.8, 4) is 0 Å². The molecule has 0 aliphatic rings. The number of imidazole rings is 1. The van der Waals surface area contributed by atoms with Gasteiger partial charge in [0.25, 0.3) is 0 Å². The van der Waals surface area contributed by atoms with Crippen LogP contribution in [0, 0.1) is 5.41 Å². The standard InChI is InChI=1S/C15H23N3O2S/c1-15(2,3)13(16)9-14-17-11-8-10(21(5,19)20)6-7-12(11)18(14)4/h6-8,13H,9,16H2,1-5H3. The van der Waals surface area contributed by atoms with E-state index < -0.39 is 9.84 Å². The number of sulfone groups is 1. The van der Waals surface area contributed by atoms with E-state index in [1.54, 1.807) is 18.2 Å². The Kier molecular flexibility index (Phi) is 3.88. The van der Waals surface area contributed by atoms with Crippen molar-refractivity contribution in [2.45, 2.75) is 38.1 Å². The first-order chi connectivity index (χ1) is 9.50. The molecule has 1 aromatic heterocycles. The summed E-state index contributed by atoms with van der Waals surface area (Å²) in [6, 6.07) is 5.02. The third-order valence-electron chi connectivity index (χ3n) is 3.89. The average Bonchev–Trinajstić information content (AvgIpc) is 2.63. The molecular weight excluding hydrogens is 286 g/mol. The van der Waals surface area contributed by atoms with E-state index in [-0.39, 0.29) is 11.5 Å². The molecule has 2 aromatic rings. The van der Waals surface area contributed by atoms with Crippen LogP contribution in [-0.2, 0) is 23.3 Å². The van der Waals surface area contributed by atoms with Gasteiger partial charge in [0.05, 0.1) is 15.9 Å². The summed E-state index contributed by atoms with van der Waals surface area (Å²) >= 11 is 0. The Bertz CT molecular complexity index is 770. The summed E-state index contributed by atoms with van der Waals surface area (Å²) in [5.74, 6) is 0.873. The predicted molar refractivity (Wildman–Crippen MR) is 85.0 cm³/mol. The van der Waals surface area contributed by atoms with Crippen LogP contribution in [0.1, 0.15) is 26.6 Å². The molecule has 0 fully saturated rings. The summed E-state index contributed by atoms with van der Waals surface area (Å²) in [4.78, 5) is 4.85. The lowest BCUT2D eigenvalue weighted by Crippen LogP contribution is -2.37. The molecule has 5 nitrogen and oxygen atoms in total. The number of aromatic nitrogens is 2. The molecule has 0 saturated carbocycles. The number of nitrogens with two attached hydrogens (primary N) is 1. The van der Waals surface area contributed by atoms with E-state index in [4.69, 9.17) is 5.73 Å². The summed E-state index contributed by atoms with van der Waals surface area (Å²) in [5, 5.41) is 0. The minimum Gasteiger partial charge on any atom is -0.331 e. The zero-order valence-corrected chi connectivity index (χ0v) is 14.0. The molecule has 0 spiro atoms. The smallest absolute Gasteiger partial charge is 0.175 e. The van der Waals surface area contributed by atoms with Crippen LogP contribution in [0.2, 0.25) is 0 Å². The SMILES string of the molecule is Cn1c(CC(N)C(C)(C)C)nc2cc(S(C)(=O)=O)ccc21. The molecule has 0 aliphatic carbocycles. The number of fused-ring (bicyclic) bond motifs is 1. The van der Waals surface area contributed by atoms with Crippen LogP contribution in [0.25, 0.3) is 11.0 Å². The first-order valence-corrected chi connectivity index (χ1v) is 8.80. The Labute approximate surface area is 126 Å². The molecule has 2 rings (SSSR count).